The Kier molecular flexibility index (Phi) is 4.83. The molecule has 0 saturated heterocycles. The highest BCUT2D eigenvalue weighted by atomic mass is 16.5. The summed E-state index contributed by atoms with van der Waals surface area (Å²) in [6, 6.07) is 6.74. The van der Waals surface area contributed by atoms with E-state index in [1.165, 1.54) is 18.4 Å². The number of aliphatic hydroxyl groups is 1. The quantitative estimate of drug-likeness (QED) is 0.794. The van der Waals surface area contributed by atoms with Crippen LogP contribution in [-0.4, -0.2) is 30.4 Å². The summed E-state index contributed by atoms with van der Waals surface area (Å²) in [5.41, 5.74) is 2.29. The Hall–Kier alpha value is -1.06. The Bertz CT molecular complexity index is 419. The summed E-state index contributed by atoms with van der Waals surface area (Å²) < 4.78 is 5.70. The minimum Gasteiger partial charge on any atom is -0.491 e. The van der Waals surface area contributed by atoms with Crippen molar-refractivity contribution in [1.29, 1.82) is 0 Å². The van der Waals surface area contributed by atoms with Gasteiger partial charge in [-0.25, -0.2) is 0 Å². The van der Waals surface area contributed by atoms with E-state index in [0.29, 0.717) is 19.2 Å². The topological polar surface area (TPSA) is 41.5 Å². The molecule has 0 heterocycles. The van der Waals surface area contributed by atoms with Crippen molar-refractivity contribution in [2.24, 2.45) is 5.92 Å². The summed E-state index contributed by atoms with van der Waals surface area (Å²) in [4.78, 5) is 0. The molecule has 0 spiro atoms. The van der Waals surface area contributed by atoms with E-state index in [9.17, 15) is 5.11 Å². The molecule has 1 saturated carbocycles. The molecule has 106 valence electrons. The van der Waals surface area contributed by atoms with Crippen LogP contribution in [0.4, 0.5) is 0 Å². The molecule has 3 heteroatoms. The molecular weight excluding hydrogens is 238 g/mol. The third-order valence-corrected chi connectivity index (χ3v) is 3.84. The largest absolute Gasteiger partial charge is 0.491 e. The monoisotopic (exact) mass is 263 g/mol. The van der Waals surface area contributed by atoms with E-state index in [1.807, 2.05) is 26.0 Å². The van der Waals surface area contributed by atoms with E-state index < -0.39 is 6.10 Å². The number of hydrogen-bond acceptors (Lipinski definition) is 3. The highest BCUT2D eigenvalue weighted by Crippen LogP contribution is 2.32. The Morgan fingerprint density at radius 2 is 2.21 bits per heavy atom. The van der Waals surface area contributed by atoms with Gasteiger partial charge in [0.05, 0.1) is 0 Å². The minimum atomic E-state index is -0.446. The number of rotatable bonds is 7. The molecule has 0 radical (unpaired) electrons. The SMILES string of the molecule is CCC1CC1NCC(O)COc1cc(C)ccc1C. The highest BCUT2D eigenvalue weighted by Gasteiger charge is 2.34. The number of ether oxygens (including phenoxy) is 1. The molecule has 0 bridgehead atoms. The van der Waals surface area contributed by atoms with E-state index in [4.69, 9.17) is 4.74 Å². The van der Waals surface area contributed by atoms with Crippen LogP contribution < -0.4 is 10.1 Å². The van der Waals surface area contributed by atoms with Crippen LogP contribution in [0.25, 0.3) is 0 Å². The molecule has 0 aliphatic heterocycles. The first-order chi connectivity index (χ1) is 9.10. The molecule has 1 fully saturated rings. The van der Waals surface area contributed by atoms with Gasteiger partial charge in [0, 0.05) is 12.6 Å². The van der Waals surface area contributed by atoms with E-state index in [0.717, 1.165) is 17.2 Å². The van der Waals surface area contributed by atoms with Crippen molar-refractivity contribution in [3.05, 3.63) is 29.3 Å². The lowest BCUT2D eigenvalue weighted by atomic mass is 10.1. The van der Waals surface area contributed by atoms with Gasteiger partial charge in [-0.3, -0.25) is 0 Å². The van der Waals surface area contributed by atoms with Gasteiger partial charge in [0.25, 0.3) is 0 Å². The van der Waals surface area contributed by atoms with Crippen molar-refractivity contribution >= 4 is 0 Å². The second kappa shape index (κ2) is 6.40. The van der Waals surface area contributed by atoms with Gasteiger partial charge < -0.3 is 15.2 Å². The standard InChI is InChI=1S/C16H25NO2/c1-4-13-8-15(13)17-9-14(18)10-19-16-7-11(2)5-6-12(16)3/h5-7,13-15,17-18H,4,8-10H2,1-3H3. The normalized spacial score (nSPS) is 23.2. The summed E-state index contributed by atoms with van der Waals surface area (Å²) in [6.45, 7) is 7.25. The van der Waals surface area contributed by atoms with Gasteiger partial charge in [-0.1, -0.05) is 25.5 Å². The molecule has 1 aromatic carbocycles. The van der Waals surface area contributed by atoms with Crippen LogP contribution in [0, 0.1) is 19.8 Å². The number of aliphatic hydroxyl groups excluding tert-OH is 1. The molecule has 19 heavy (non-hydrogen) atoms. The van der Waals surface area contributed by atoms with Gasteiger partial charge >= 0.3 is 0 Å². The van der Waals surface area contributed by atoms with Crippen molar-refractivity contribution in [3.63, 3.8) is 0 Å². The average molecular weight is 263 g/mol. The Balaban J connectivity index is 1.71. The van der Waals surface area contributed by atoms with Crippen LogP contribution in [0.3, 0.4) is 0 Å². The van der Waals surface area contributed by atoms with E-state index in [1.54, 1.807) is 0 Å². The van der Waals surface area contributed by atoms with Gasteiger partial charge in [0.15, 0.2) is 0 Å². The smallest absolute Gasteiger partial charge is 0.122 e. The van der Waals surface area contributed by atoms with Crippen LogP contribution in [0.5, 0.6) is 5.75 Å². The molecule has 1 aliphatic carbocycles. The van der Waals surface area contributed by atoms with Gasteiger partial charge in [0.2, 0.25) is 0 Å². The van der Waals surface area contributed by atoms with Crippen molar-refractivity contribution in [2.45, 2.75) is 45.8 Å². The van der Waals surface area contributed by atoms with Crippen molar-refractivity contribution in [3.8, 4) is 5.75 Å². The van der Waals surface area contributed by atoms with Gasteiger partial charge in [-0.15, -0.1) is 0 Å². The first-order valence-electron chi connectivity index (χ1n) is 7.21. The zero-order chi connectivity index (χ0) is 13.8. The van der Waals surface area contributed by atoms with E-state index in [-0.39, 0.29) is 0 Å². The predicted molar refractivity (Wildman–Crippen MR) is 77.6 cm³/mol. The lowest BCUT2D eigenvalue weighted by molar-refractivity contribution is 0.105. The fourth-order valence-electron chi connectivity index (χ4n) is 2.34. The predicted octanol–water partition coefficient (Wildman–Crippen LogP) is 2.43. The fourth-order valence-corrected chi connectivity index (χ4v) is 2.34. The molecule has 3 unspecified atom stereocenters. The fraction of sp³-hybridized carbons (Fsp3) is 0.625. The Labute approximate surface area is 116 Å². The van der Waals surface area contributed by atoms with Gasteiger partial charge in [0.1, 0.15) is 18.5 Å². The molecule has 1 aromatic rings. The molecule has 0 amide bonds. The lowest BCUT2D eigenvalue weighted by Crippen LogP contribution is -2.33. The zero-order valence-electron chi connectivity index (χ0n) is 12.1. The molecule has 2 N–H and O–H groups in total. The zero-order valence-corrected chi connectivity index (χ0v) is 12.1. The van der Waals surface area contributed by atoms with Crippen molar-refractivity contribution in [1.82, 2.24) is 5.32 Å². The summed E-state index contributed by atoms with van der Waals surface area (Å²) in [7, 11) is 0. The molecular formula is C16H25NO2. The Morgan fingerprint density at radius 3 is 2.89 bits per heavy atom. The number of nitrogens with one attached hydrogen (secondary N) is 1. The summed E-state index contributed by atoms with van der Waals surface area (Å²) in [6.07, 6.45) is 2.03. The number of benzene rings is 1. The van der Waals surface area contributed by atoms with Crippen LogP contribution in [0.1, 0.15) is 30.9 Å². The second-order valence-corrected chi connectivity index (χ2v) is 5.65. The van der Waals surface area contributed by atoms with Crippen LogP contribution in [0.15, 0.2) is 18.2 Å². The van der Waals surface area contributed by atoms with E-state index in [2.05, 4.69) is 18.3 Å². The van der Waals surface area contributed by atoms with Crippen LogP contribution in [0.2, 0.25) is 0 Å². The first-order valence-corrected chi connectivity index (χ1v) is 7.21. The first kappa shape index (κ1) is 14.4. The maximum atomic E-state index is 9.92. The van der Waals surface area contributed by atoms with E-state index >= 15 is 0 Å². The lowest BCUT2D eigenvalue weighted by Gasteiger charge is -2.15. The number of aryl methyl sites for hydroxylation is 2. The van der Waals surface area contributed by atoms with Gasteiger partial charge in [-0.05, 0) is 43.4 Å². The Morgan fingerprint density at radius 1 is 1.42 bits per heavy atom. The molecule has 2 rings (SSSR count). The maximum absolute atomic E-state index is 9.92. The molecule has 0 aromatic heterocycles. The van der Waals surface area contributed by atoms with Crippen molar-refractivity contribution in [2.75, 3.05) is 13.2 Å². The highest BCUT2D eigenvalue weighted by molar-refractivity contribution is 5.35. The van der Waals surface area contributed by atoms with Crippen molar-refractivity contribution < 1.29 is 9.84 Å². The molecule has 3 atom stereocenters. The summed E-state index contributed by atoms with van der Waals surface area (Å²) in [5.74, 6) is 1.68. The summed E-state index contributed by atoms with van der Waals surface area (Å²) in [5, 5.41) is 13.3. The summed E-state index contributed by atoms with van der Waals surface area (Å²) >= 11 is 0. The minimum absolute atomic E-state index is 0.348. The third kappa shape index (κ3) is 4.22. The average Bonchev–Trinajstić information content (AvgIpc) is 3.16. The van der Waals surface area contributed by atoms with Crippen LogP contribution >= 0.6 is 0 Å². The van der Waals surface area contributed by atoms with Gasteiger partial charge in [-0.2, -0.15) is 0 Å². The van der Waals surface area contributed by atoms with Crippen LogP contribution in [-0.2, 0) is 0 Å². The maximum Gasteiger partial charge on any atom is 0.122 e. The molecule has 3 nitrogen and oxygen atoms in total. The molecule has 1 aliphatic rings. The second-order valence-electron chi connectivity index (χ2n) is 5.65. The number of hydrogen-bond donors (Lipinski definition) is 2. The third-order valence-electron chi connectivity index (χ3n) is 3.84.